The highest BCUT2D eigenvalue weighted by Gasteiger charge is 2.09. The molecule has 2 aromatic carbocycles. The van der Waals surface area contributed by atoms with E-state index in [1.54, 1.807) is 11.3 Å². The lowest BCUT2D eigenvalue weighted by Crippen LogP contribution is -1.89. The van der Waals surface area contributed by atoms with Crippen LogP contribution in [0.1, 0.15) is 5.56 Å². The van der Waals surface area contributed by atoms with Crippen LogP contribution in [0.3, 0.4) is 0 Å². The predicted molar refractivity (Wildman–Crippen MR) is 81.9 cm³/mol. The van der Waals surface area contributed by atoms with Crippen molar-refractivity contribution in [2.24, 2.45) is 0 Å². The smallest absolute Gasteiger partial charge is 0.126 e. The van der Waals surface area contributed by atoms with Crippen molar-refractivity contribution in [1.82, 2.24) is 4.98 Å². The van der Waals surface area contributed by atoms with Crippen molar-refractivity contribution in [2.75, 3.05) is 5.73 Å². The van der Waals surface area contributed by atoms with E-state index >= 15 is 0 Å². The number of anilines is 1. The first-order chi connectivity index (χ1) is 8.63. The second-order valence-electron chi connectivity index (χ2n) is 4.22. The fraction of sp³-hybridized carbons (Fsp3) is 0.0714. The monoisotopic (exact) mass is 318 g/mol. The molecule has 4 heteroatoms. The average molecular weight is 319 g/mol. The minimum absolute atomic E-state index is 0.758. The minimum atomic E-state index is 0.758. The molecule has 90 valence electrons. The highest BCUT2D eigenvalue weighted by molar-refractivity contribution is 9.10. The Kier molecular flexibility index (Phi) is 2.84. The van der Waals surface area contributed by atoms with Gasteiger partial charge in [-0.2, -0.15) is 0 Å². The number of fused-ring (bicyclic) bond motifs is 1. The van der Waals surface area contributed by atoms with E-state index in [2.05, 4.69) is 46.0 Å². The van der Waals surface area contributed by atoms with Crippen LogP contribution in [0.4, 0.5) is 5.69 Å². The Morgan fingerprint density at radius 3 is 2.83 bits per heavy atom. The standard InChI is InChI=1S/C14H11BrN2S/c1-8-2-5-13-12(6-8)17-14(18-13)10-7-9(15)3-4-11(10)16/h2-7H,16H2,1H3. The molecule has 0 aliphatic heterocycles. The molecule has 0 bridgehead atoms. The zero-order chi connectivity index (χ0) is 12.7. The molecule has 0 aliphatic rings. The van der Waals surface area contributed by atoms with E-state index < -0.39 is 0 Å². The van der Waals surface area contributed by atoms with Crippen LogP contribution < -0.4 is 5.73 Å². The Morgan fingerprint density at radius 1 is 1.17 bits per heavy atom. The molecule has 3 aromatic rings. The Labute approximate surface area is 118 Å². The summed E-state index contributed by atoms with van der Waals surface area (Å²) in [5, 5.41) is 0.967. The molecule has 2 N–H and O–H groups in total. The SMILES string of the molecule is Cc1ccc2sc(-c3cc(Br)ccc3N)nc2c1. The molecule has 0 radical (unpaired) electrons. The Bertz CT molecular complexity index is 734. The largest absolute Gasteiger partial charge is 0.398 e. The Balaban J connectivity index is 2.22. The number of hydrogen-bond donors (Lipinski definition) is 1. The lowest BCUT2D eigenvalue weighted by molar-refractivity contribution is 1.44. The molecule has 1 aromatic heterocycles. The van der Waals surface area contributed by atoms with Gasteiger partial charge in [-0.05, 0) is 42.8 Å². The lowest BCUT2D eigenvalue weighted by atomic mass is 10.2. The third-order valence-electron chi connectivity index (χ3n) is 2.79. The summed E-state index contributed by atoms with van der Waals surface area (Å²) in [5.74, 6) is 0. The average Bonchev–Trinajstić information content (AvgIpc) is 2.74. The van der Waals surface area contributed by atoms with Crippen LogP contribution in [0.5, 0.6) is 0 Å². The zero-order valence-electron chi connectivity index (χ0n) is 9.77. The highest BCUT2D eigenvalue weighted by Crippen LogP contribution is 2.35. The van der Waals surface area contributed by atoms with Gasteiger partial charge in [0.05, 0.1) is 10.2 Å². The number of nitrogens with zero attached hydrogens (tertiary/aromatic N) is 1. The first-order valence-electron chi connectivity index (χ1n) is 5.56. The number of nitrogens with two attached hydrogens (primary N) is 1. The maximum atomic E-state index is 6.02. The van der Waals surface area contributed by atoms with Gasteiger partial charge in [0.2, 0.25) is 0 Å². The number of thiazole rings is 1. The molecule has 0 saturated carbocycles. The fourth-order valence-corrected chi connectivity index (χ4v) is 3.21. The van der Waals surface area contributed by atoms with E-state index in [9.17, 15) is 0 Å². The Hall–Kier alpha value is -1.39. The maximum absolute atomic E-state index is 6.02. The van der Waals surface area contributed by atoms with E-state index in [1.807, 2.05) is 18.2 Å². The van der Waals surface area contributed by atoms with Gasteiger partial charge in [0.25, 0.3) is 0 Å². The number of aromatic nitrogens is 1. The van der Waals surface area contributed by atoms with E-state index in [-0.39, 0.29) is 0 Å². The highest BCUT2D eigenvalue weighted by atomic mass is 79.9. The minimum Gasteiger partial charge on any atom is -0.398 e. The van der Waals surface area contributed by atoms with Gasteiger partial charge in [0.1, 0.15) is 5.01 Å². The summed E-state index contributed by atoms with van der Waals surface area (Å²) in [7, 11) is 0. The number of rotatable bonds is 1. The van der Waals surface area contributed by atoms with E-state index in [0.29, 0.717) is 0 Å². The van der Waals surface area contributed by atoms with Crippen molar-refractivity contribution in [2.45, 2.75) is 6.92 Å². The van der Waals surface area contributed by atoms with Gasteiger partial charge in [-0.25, -0.2) is 4.98 Å². The second kappa shape index (κ2) is 4.37. The van der Waals surface area contributed by atoms with Gasteiger partial charge in [-0.15, -0.1) is 11.3 Å². The molecule has 2 nitrogen and oxygen atoms in total. The maximum Gasteiger partial charge on any atom is 0.126 e. The molecule has 0 unspecified atom stereocenters. The van der Waals surface area contributed by atoms with Crippen LogP contribution >= 0.6 is 27.3 Å². The van der Waals surface area contributed by atoms with Gasteiger partial charge >= 0.3 is 0 Å². The zero-order valence-corrected chi connectivity index (χ0v) is 12.2. The normalized spacial score (nSPS) is 11.0. The molecular formula is C14H11BrN2S. The number of hydrogen-bond acceptors (Lipinski definition) is 3. The number of halogens is 1. The number of aryl methyl sites for hydroxylation is 1. The van der Waals surface area contributed by atoms with Crippen LogP contribution in [0.25, 0.3) is 20.8 Å². The molecule has 0 atom stereocenters. The topological polar surface area (TPSA) is 38.9 Å². The third kappa shape index (κ3) is 2.02. The molecule has 0 amide bonds. The quantitative estimate of drug-likeness (QED) is 0.665. The van der Waals surface area contributed by atoms with Crippen molar-refractivity contribution in [1.29, 1.82) is 0 Å². The summed E-state index contributed by atoms with van der Waals surface area (Å²) in [6.07, 6.45) is 0. The van der Waals surface area contributed by atoms with Crippen LogP contribution in [0, 0.1) is 6.92 Å². The first-order valence-corrected chi connectivity index (χ1v) is 7.17. The van der Waals surface area contributed by atoms with E-state index in [1.165, 1.54) is 10.3 Å². The predicted octanol–water partition coefficient (Wildman–Crippen LogP) is 4.62. The van der Waals surface area contributed by atoms with Crippen LogP contribution in [-0.2, 0) is 0 Å². The van der Waals surface area contributed by atoms with Crippen molar-refractivity contribution in [3.8, 4) is 10.6 Å². The van der Waals surface area contributed by atoms with Crippen LogP contribution in [-0.4, -0.2) is 4.98 Å². The number of benzene rings is 2. The molecule has 18 heavy (non-hydrogen) atoms. The molecular weight excluding hydrogens is 308 g/mol. The summed E-state index contributed by atoms with van der Waals surface area (Å²) >= 11 is 5.14. The van der Waals surface area contributed by atoms with Crippen LogP contribution in [0.2, 0.25) is 0 Å². The van der Waals surface area contributed by atoms with Gasteiger partial charge in [-0.1, -0.05) is 22.0 Å². The number of nitrogen functional groups attached to an aromatic ring is 1. The molecule has 3 rings (SSSR count). The Morgan fingerprint density at radius 2 is 2.00 bits per heavy atom. The molecule has 0 aliphatic carbocycles. The summed E-state index contributed by atoms with van der Waals surface area (Å²) in [4.78, 5) is 4.66. The van der Waals surface area contributed by atoms with Crippen molar-refractivity contribution < 1.29 is 0 Å². The summed E-state index contributed by atoms with van der Waals surface area (Å²) in [6.45, 7) is 2.08. The van der Waals surface area contributed by atoms with Gasteiger partial charge in [-0.3, -0.25) is 0 Å². The lowest BCUT2D eigenvalue weighted by Gasteiger charge is -2.01. The molecule has 0 fully saturated rings. The van der Waals surface area contributed by atoms with Crippen molar-refractivity contribution in [3.05, 3.63) is 46.4 Å². The van der Waals surface area contributed by atoms with E-state index in [4.69, 9.17) is 5.73 Å². The molecule has 0 saturated heterocycles. The summed E-state index contributed by atoms with van der Waals surface area (Å²) < 4.78 is 2.21. The fourth-order valence-electron chi connectivity index (χ4n) is 1.87. The first kappa shape index (κ1) is 11.7. The van der Waals surface area contributed by atoms with Crippen molar-refractivity contribution in [3.63, 3.8) is 0 Å². The molecule has 1 heterocycles. The van der Waals surface area contributed by atoms with Gasteiger partial charge < -0.3 is 5.73 Å². The third-order valence-corrected chi connectivity index (χ3v) is 4.35. The van der Waals surface area contributed by atoms with Crippen LogP contribution in [0.15, 0.2) is 40.9 Å². The van der Waals surface area contributed by atoms with Gasteiger partial charge in [0, 0.05) is 15.7 Å². The molecule has 0 spiro atoms. The van der Waals surface area contributed by atoms with Crippen molar-refractivity contribution >= 4 is 43.2 Å². The second-order valence-corrected chi connectivity index (χ2v) is 6.17. The van der Waals surface area contributed by atoms with Gasteiger partial charge in [0.15, 0.2) is 0 Å². The summed E-state index contributed by atoms with van der Waals surface area (Å²) in [6, 6.07) is 12.2. The summed E-state index contributed by atoms with van der Waals surface area (Å²) in [5.41, 5.74) is 10.0. The van der Waals surface area contributed by atoms with E-state index in [0.717, 1.165) is 26.2 Å².